The molecule has 41 heavy (non-hydrogen) atoms. The minimum atomic E-state index is -2.92. The highest BCUT2D eigenvalue weighted by molar-refractivity contribution is 5.94. The van der Waals surface area contributed by atoms with E-state index in [0.29, 0.717) is 43.9 Å². The number of alkyl halides is 2. The van der Waals surface area contributed by atoms with Gasteiger partial charge in [0.25, 0.3) is 5.91 Å². The number of methoxy groups -OCH3 is 1. The summed E-state index contributed by atoms with van der Waals surface area (Å²) in [7, 11) is 3.53. The lowest BCUT2D eigenvalue weighted by Gasteiger charge is -2.32. The third-order valence-corrected chi connectivity index (χ3v) is 7.18. The van der Waals surface area contributed by atoms with Crippen LogP contribution in [0, 0.1) is 0 Å². The van der Waals surface area contributed by atoms with Crippen LogP contribution >= 0.6 is 0 Å². The molecule has 5 rings (SSSR count). The van der Waals surface area contributed by atoms with Crippen molar-refractivity contribution in [3.8, 4) is 11.5 Å². The molecule has 0 fully saturated rings. The number of carbonyl (C=O) groups is 2. The van der Waals surface area contributed by atoms with E-state index in [0.717, 1.165) is 33.8 Å². The molecule has 216 valence electrons. The first-order chi connectivity index (χ1) is 19.8. The first-order valence-electron chi connectivity index (χ1n) is 13.4. The monoisotopic (exact) mass is 566 g/mol. The van der Waals surface area contributed by atoms with E-state index >= 15 is 0 Å². The van der Waals surface area contributed by atoms with Crippen LogP contribution in [0.1, 0.15) is 40.4 Å². The molecule has 2 aliphatic heterocycles. The predicted molar refractivity (Wildman–Crippen MR) is 150 cm³/mol. The number of nitrogens with zero attached hydrogens (tertiary/aromatic N) is 3. The summed E-state index contributed by atoms with van der Waals surface area (Å²) in [6.07, 6.45) is 1.41. The molecule has 0 radical (unpaired) electrons. The molecule has 3 aromatic rings. The van der Waals surface area contributed by atoms with E-state index in [1.807, 2.05) is 47.4 Å². The number of hydrogen-bond donors (Lipinski definition) is 1. The fraction of sp³-hybridized carbons (Fsp3) is 0.333. The molecule has 0 bridgehead atoms. The summed E-state index contributed by atoms with van der Waals surface area (Å²) >= 11 is 0. The second kappa shape index (κ2) is 12.0. The van der Waals surface area contributed by atoms with Gasteiger partial charge in [0.2, 0.25) is 0 Å². The van der Waals surface area contributed by atoms with Crippen LogP contribution < -0.4 is 25.0 Å². The lowest BCUT2D eigenvalue weighted by molar-refractivity contribution is -0.143. The number of esters is 1. The van der Waals surface area contributed by atoms with Crippen LogP contribution in [-0.4, -0.2) is 50.7 Å². The molecule has 3 aromatic carbocycles. The molecule has 0 spiro atoms. The zero-order valence-corrected chi connectivity index (χ0v) is 23.2. The SMILES string of the molecule is CCOC(=O)CCc1cc(OC)c2c(c1)N(c1cccc3c1CCN(C(=O)c1ccc(OC(F)F)cc1)C3)NN2C. The number of halogens is 2. The summed E-state index contributed by atoms with van der Waals surface area (Å²) < 4.78 is 40.1. The molecule has 9 nitrogen and oxygen atoms in total. The number of hydrogen-bond acceptors (Lipinski definition) is 8. The maximum Gasteiger partial charge on any atom is 0.387 e. The number of ether oxygens (including phenoxy) is 3. The second-order valence-corrected chi connectivity index (χ2v) is 9.76. The molecule has 2 aliphatic rings. The Morgan fingerprint density at radius 1 is 1.07 bits per heavy atom. The number of anilines is 3. The minimum absolute atomic E-state index is 0.00854. The molecule has 0 aromatic heterocycles. The van der Waals surface area contributed by atoms with Crippen molar-refractivity contribution in [2.24, 2.45) is 0 Å². The van der Waals surface area contributed by atoms with Crippen molar-refractivity contribution >= 4 is 28.9 Å². The molecule has 0 saturated heterocycles. The lowest BCUT2D eigenvalue weighted by atomic mass is 9.96. The summed E-state index contributed by atoms with van der Waals surface area (Å²) in [6.45, 7) is 0.128. The number of nitrogens with one attached hydrogen (secondary N) is 1. The van der Waals surface area contributed by atoms with E-state index in [4.69, 9.17) is 9.47 Å². The molecular weight excluding hydrogens is 534 g/mol. The van der Waals surface area contributed by atoms with Gasteiger partial charge in [0.05, 0.1) is 25.1 Å². The smallest absolute Gasteiger partial charge is 0.387 e. The van der Waals surface area contributed by atoms with Crippen molar-refractivity contribution in [2.75, 3.05) is 37.3 Å². The Balaban J connectivity index is 1.39. The number of rotatable bonds is 9. The van der Waals surface area contributed by atoms with Gasteiger partial charge in [-0.05, 0) is 78.9 Å². The van der Waals surface area contributed by atoms with Gasteiger partial charge in [0.1, 0.15) is 17.2 Å². The topological polar surface area (TPSA) is 83.6 Å². The van der Waals surface area contributed by atoms with Gasteiger partial charge in [-0.25, -0.2) is 0 Å². The molecule has 0 saturated carbocycles. The summed E-state index contributed by atoms with van der Waals surface area (Å²) in [5.41, 5.74) is 9.61. The van der Waals surface area contributed by atoms with Crippen molar-refractivity contribution < 1.29 is 32.6 Å². The zero-order valence-electron chi connectivity index (χ0n) is 23.2. The molecule has 2 heterocycles. The average molecular weight is 567 g/mol. The highest BCUT2D eigenvalue weighted by Crippen LogP contribution is 2.46. The van der Waals surface area contributed by atoms with Gasteiger partial charge in [0, 0.05) is 32.1 Å². The van der Waals surface area contributed by atoms with Crippen LogP contribution in [0.15, 0.2) is 54.6 Å². The quantitative estimate of drug-likeness (QED) is 0.363. The highest BCUT2D eigenvalue weighted by Gasteiger charge is 2.32. The Morgan fingerprint density at radius 2 is 1.85 bits per heavy atom. The van der Waals surface area contributed by atoms with Crippen LogP contribution in [-0.2, 0) is 28.9 Å². The number of carbonyl (C=O) groups excluding carboxylic acids is 2. The molecule has 0 unspecified atom stereocenters. The Labute approximate surface area is 237 Å². The van der Waals surface area contributed by atoms with E-state index in [9.17, 15) is 18.4 Å². The van der Waals surface area contributed by atoms with Gasteiger partial charge >= 0.3 is 12.6 Å². The highest BCUT2D eigenvalue weighted by atomic mass is 19.3. The number of benzene rings is 3. The van der Waals surface area contributed by atoms with Crippen LogP contribution in [0.25, 0.3) is 0 Å². The third-order valence-electron chi connectivity index (χ3n) is 7.18. The maximum atomic E-state index is 13.2. The Hall–Kier alpha value is -4.38. The lowest BCUT2D eigenvalue weighted by Crippen LogP contribution is -2.41. The van der Waals surface area contributed by atoms with Crippen molar-refractivity contribution in [1.29, 1.82) is 0 Å². The first kappa shape index (κ1) is 28.2. The van der Waals surface area contributed by atoms with Crippen molar-refractivity contribution in [2.45, 2.75) is 39.3 Å². The average Bonchev–Trinajstić information content (AvgIpc) is 3.30. The van der Waals surface area contributed by atoms with E-state index in [-0.39, 0.29) is 24.0 Å². The van der Waals surface area contributed by atoms with Crippen LogP contribution in [0.3, 0.4) is 0 Å². The summed E-state index contributed by atoms with van der Waals surface area (Å²) in [6, 6.07) is 15.7. The van der Waals surface area contributed by atoms with E-state index in [1.165, 1.54) is 24.3 Å². The maximum absolute atomic E-state index is 13.2. The fourth-order valence-electron chi connectivity index (χ4n) is 5.31. The number of amides is 1. The van der Waals surface area contributed by atoms with E-state index in [2.05, 4.69) is 10.3 Å². The Kier molecular flexibility index (Phi) is 8.25. The van der Waals surface area contributed by atoms with Crippen molar-refractivity contribution in [3.05, 3.63) is 76.9 Å². The fourth-order valence-corrected chi connectivity index (χ4v) is 5.31. The van der Waals surface area contributed by atoms with Crippen LogP contribution in [0.4, 0.5) is 25.8 Å². The molecule has 1 amide bonds. The first-order valence-corrected chi connectivity index (χ1v) is 13.4. The summed E-state index contributed by atoms with van der Waals surface area (Å²) in [5.74, 6) is 0.275. The molecule has 1 N–H and O–H groups in total. The normalized spacial score (nSPS) is 14.1. The summed E-state index contributed by atoms with van der Waals surface area (Å²) in [4.78, 5) is 26.9. The van der Waals surface area contributed by atoms with Gasteiger partial charge < -0.3 is 19.1 Å². The van der Waals surface area contributed by atoms with Crippen LogP contribution in [0.5, 0.6) is 11.5 Å². The summed E-state index contributed by atoms with van der Waals surface area (Å²) in [5, 5.41) is 3.90. The Bertz CT molecular complexity index is 1430. The van der Waals surface area contributed by atoms with E-state index < -0.39 is 6.61 Å². The number of hydrazine groups is 2. The number of aryl methyl sites for hydroxylation is 1. The van der Waals surface area contributed by atoms with Gasteiger partial charge in [-0.1, -0.05) is 12.1 Å². The Morgan fingerprint density at radius 3 is 2.56 bits per heavy atom. The van der Waals surface area contributed by atoms with Crippen LogP contribution in [0.2, 0.25) is 0 Å². The van der Waals surface area contributed by atoms with E-state index in [1.54, 1.807) is 18.9 Å². The second-order valence-electron chi connectivity index (χ2n) is 9.76. The van der Waals surface area contributed by atoms with Gasteiger partial charge in [-0.3, -0.25) is 19.6 Å². The minimum Gasteiger partial charge on any atom is -0.494 e. The van der Waals surface area contributed by atoms with Crippen molar-refractivity contribution in [3.63, 3.8) is 0 Å². The number of fused-ring (bicyclic) bond motifs is 2. The predicted octanol–water partition coefficient (Wildman–Crippen LogP) is 5.00. The van der Waals surface area contributed by atoms with Crippen molar-refractivity contribution in [1.82, 2.24) is 10.4 Å². The third kappa shape index (κ3) is 5.90. The van der Waals surface area contributed by atoms with Gasteiger partial charge in [-0.2, -0.15) is 8.78 Å². The zero-order chi connectivity index (χ0) is 29.1. The molecule has 11 heteroatoms. The molecular formula is C30H32F2N4O5. The molecule has 0 aliphatic carbocycles. The van der Waals surface area contributed by atoms with Gasteiger partial charge in [-0.15, -0.1) is 5.53 Å². The standard InChI is InChI=1S/C30H32F2N4O5/c1-4-40-27(37)13-8-19-16-25-28(26(17-19)39-3)34(2)33-36(25)24-7-5-6-21-18-35(15-14-23(21)24)29(38)20-9-11-22(12-10-20)41-30(31)32/h5-7,9-12,16-17,30,33H,4,8,13-15,18H2,1-3H3. The van der Waals surface area contributed by atoms with Gasteiger partial charge in [0.15, 0.2) is 0 Å². The molecule has 0 atom stereocenters. The largest absolute Gasteiger partial charge is 0.494 e.